The van der Waals surface area contributed by atoms with Crippen LogP contribution in [-0.4, -0.2) is 21.5 Å². The zero-order valence-corrected chi connectivity index (χ0v) is 17.9. The van der Waals surface area contributed by atoms with Crippen molar-refractivity contribution in [1.29, 1.82) is 0 Å². The maximum absolute atomic E-state index is 13.7. The summed E-state index contributed by atoms with van der Waals surface area (Å²) in [5.41, 5.74) is 1.92. The molecule has 1 aliphatic carbocycles. The lowest BCUT2D eigenvalue weighted by molar-refractivity contribution is -0.142. The summed E-state index contributed by atoms with van der Waals surface area (Å²) in [7, 11) is 0. The van der Waals surface area contributed by atoms with Gasteiger partial charge in [-0.1, -0.05) is 0 Å². The van der Waals surface area contributed by atoms with Gasteiger partial charge < -0.3 is 9.73 Å². The number of furan rings is 1. The molecule has 34 heavy (non-hydrogen) atoms. The van der Waals surface area contributed by atoms with E-state index in [4.69, 9.17) is 4.42 Å². The molecule has 1 amide bonds. The molecular formula is C25H18F3N3O3. The lowest BCUT2D eigenvalue weighted by Crippen LogP contribution is -2.12. The van der Waals surface area contributed by atoms with E-state index < -0.39 is 17.8 Å². The number of carbonyl (C=O) groups excluding carboxylic acids is 2. The first kappa shape index (κ1) is 21.7. The van der Waals surface area contributed by atoms with Gasteiger partial charge in [0, 0.05) is 34.4 Å². The predicted octanol–water partition coefficient (Wildman–Crippen LogP) is 5.70. The first-order valence-corrected chi connectivity index (χ1v) is 10.5. The van der Waals surface area contributed by atoms with Crippen molar-refractivity contribution in [2.45, 2.75) is 25.9 Å². The fourth-order valence-electron chi connectivity index (χ4n) is 4.11. The first-order valence-electron chi connectivity index (χ1n) is 10.5. The van der Waals surface area contributed by atoms with Crippen molar-refractivity contribution in [3.8, 4) is 16.9 Å². The van der Waals surface area contributed by atoms with Crippen LogP contribution in [0.2, 0.25) is 0 Å². The van der Waals surface area contributed by atoms with Crippen molar-refractivity contribution < 1.29 is 27.2 Å². The minimum atomic E-state index is -4.59. The maximum Gasteiger partial charge on any atom is 0.435 e. The molecule has 0 saturated carbocycles. The van der Waals surface area contributed by atoms with E-state index in [0.29, 0.717) is 45.9 Å². The molecule has 2 aromatic carbocycles. The highest BCUT2D eigenvalue weighted by molar-refractivity contribution is 6.04. The Morgan fingerprint density at radius 3 is 2.29 bits per heavy atom. The van der Waals surface area contributed by atoms with Gasteiger partial charge in [0.15, 0.2) is 11.5 Å². The highest BCUT2D eigenvalue weighted by Gasteiger charge is 2.41. The Hall–Kier alpha value is -4.14. The van der Waals surface area contributed by atoms with E-state index in [9.17, 15) is 22.8 Å². The molecule has 4 aromatic rings. The minimum Gasteiger partial charge on any atom is -0.469 e. The van der Waals surface area contributed by atoms with Gasteiger partial charge in [-0.05, 0) is 67.9 Å². The van der Waals surface area contributed by atoms with Gasteiger partial charge in [-0.25, -0.2) is 4.68 Å². The topological polar surface area (TPSA) is 77.1 Å². The molecule has 0 saturated heterocycles. The summed E-state index contributed by atoms with van der Waals surface area (Å²) in [6.07, 6.45) is -2.58. The number of rotatable bonds is 4. The molecule has 0 radical (unpaired) electrons. The molecule has 1 aliphatic rings. The van der Waals surface area contributed by atoms with Gasteiger partial charge in [-0.3, -0.25) is 9.59 Å². The number of amides is 1. The summed E-state index contributed by atoms with van der Waals surface area (Å²) in [4.78, 5) is 24.0. The number of halogens is 3. The number of nitrogens with zero attached hydrogens (tertiary/aromatic N) is 2. The summed E-state index contributed by atoms with van der Waals surface area (Å²) >= 11 is 0. The minimum absolute atomic E-state index is 0.0782. The second-order valence-electron chi connectivity index (χ2n) is 7.98. The third-order valence-electron chi connectivity index (χ3n) is 5.78. The molecule has 0 unspecified atom stereocenters. The number of anilines is 1. The summed E-state index contributed by atoms with van der Waals surface area (Å²) in [5.74, 6) is 0.150. The number of Topliss-reactive ketones (excluding diaryl/α,β-unsaturated/α-hetero) is 1. The quantitative estimate of drug-likeness (QED) is 0.392. The summed E-state index contributed by atoms with van der Waals surface area (Å²) in [6.45, 7) is 1.46. The van der Waals surface area contributed by atoms with Crippen LogP contribution in [0, 0.1) is 0 Å². The van der Waals surface area contributed by atoms with E-state index in [1.165, 1.54) is 30.0 Å². The fourth-order valence-corrected chi connectivity index (χ4v) is 4.11. The normalized spacial score (nSPS) is 12.7. The standard InChI is InChI=1S/C25H18F3N3O3/c1-14(32)15-2-6-17(7-3-15)29-24(33)16-4-8-18(9-5-16)31-22-19-12-13-34-21(19)11-10-20(22)23(30-31)25(26,27)28/h2-9,12-13H,10-11H2,1H3,(H,29,33). The molecule has 1 N–H and O–H groups in total. The van der Waals surface area contributed by atoms with Crippen LogP contribution in [0.5, 0.6) is 0 Å². The van der Waals surface area contributed by atoms with Crippen LogP contribution in [0.25, 0.3) is 16.9 Å². The Bertz CT molecular complexity index is 1400. The number of aromatic nitrogens is 2. The van der Waals surface area contributed by atoms with Gasteiger partial charge in [-0.15, -0.1) is 0 Å². The number of hydrogen-bond acceptors (Lipinski definition) is 4. The monoisotopic (exact) mass is 465 g/mol. The summed E-state index contributed by atoms with van der Waals surface area (Å²) in [5, 5.41) is 6.63. The van der Waals surface area contributed by atoms with Crippen molar-refractivity contribution in [3.63, 3.8) is 0 Å². The Kier molecular flexibility index (Phi) is 5.11. The average Bonchev–Trinajstić information content (AvgIpc) is 3.44. The maximum atomic E-state index is 13.7. The molecule has 0 atom stereocenters. The second kappa shape index (κ2) is 8.02. The Morgan fingerprint density at radius 1 is 0.971 bits per heavy atom. The van der Waals surface area contributed by atoms with Gasteiger partial charge in [0.1, 0.15) is 5.76 Å². The summed E-state index contributed by atoms with van der Waals surface area (Å²) < 4.78 is 47.7. The Labute approximate surface area is 192 Å². The van der Waals surface area contributed by atoms with E-state index in [1.807, 2.05) is 0 Å². The number of alkyl halides is 3. The zero-order chi connectivity index (χ0) is 24.0. The lowest BCUT2D eigenvalue weighted by atomic mass is 9.94. The van der Waals surface area contributed by atoms with Gasteiger partial charge in [0.05, 0.1) is 17.6 Å². The summed E-state index contributed by atoms with van der Waals surface area (Å²) in [6, 6.07) is 14.3. The molecule has 172 valence electrons. The van der Waals surface area contributed by atoms with Crippen LogP contribution in [0.1, 0.15) is 44.7 Å². The molecule has 5 rings (SSSR count). The number of hydrogen-bond donors (Lipinski definition) is 1. The highest BCUT2D eigenvalue weighted by Crippen LogP contribution is 2.42. The highest BCUT2D eigenvalue weighted by atomic mass is 19.4. The Balaban J connectivity index is 1.46. The zero-order valence-electron chi connectivity index (χ0n) is 17.9. The van der Waals surface area contributed by atoms with Gasteiger partial charge in [0.25, 0.3) is 5.91 Å². The second-order valence-corrected chi connectivity index (χ2v) is 7.98. The van der Waals surface area contributed by atoms with E-state index >= 15 is 0 Å². The van der Waals surface area contributed by atoms with Crippen LogP contribution in [0.15, 0.2) is 65.3 Å². The van der Waals surface area contributed by atoms with Crippen LogP contribution < -0.4 is 5.32 Å². The number of benzene rings is 2. The number of carbonyl (C=O) groups is 2. The van der Waals surface area contributed by atoms with Gasteiger partial charge >= 0.3 is 6.18 Å². The number of ketones is 1. The fraction of sp³-hybridized carbons (Fsp3) is 0.160. The van der Waals surface area contributed by atoms with Gasteiger partial charge in [-0.2, -0.15) is 18.3 Å². The number of fused-ring (bicyclic) bond motifs is 3. The third kappa shape index (κ3) is 3.79. The van der Waals surface area contributed by atoms with Crippen molar-refractivity contribution >= 4 is 17.4 Å². The van der Waals surface area contributed by atoms with E-state index in [0.717, 1.165) is 0 Å². The molecule has 0 aliphatic heterocycles. The molecule has 0 fully saturated rings. The number of nitrogens with one attached hydrogen (secondary N) is 1. The third-order valence-corrected chi connectivity index (χ3v) is 5.78. The first-order chi connectivity index (χ1) is 16.2. The molecule has 0 spiro atoms. The van der Waals surface area contributed by atoms with Gasteiger partial charge in [0.2, 0.25) is 0 Å². The predicted molar refractivity (Wildman–Crippen MR) is 118 cm³/mol. The molecule has 9 heteroatoms. The van der Waals surface area contributed by atoms with Crippen LogP contribution >= 0.6 is 0 Å². The molecule has 2 aromatic heterocycles. The van der Waals surface area contributed by atoms with E-state index in [-0.39, 0.29) is 17.8 Å². The molecule has 0 bridgehead atoms. The van der Waals surface area contributed by atoms with Crippen LogP contribution in [0.3, 0.4) is 0 Å². The van der Waals surface area contributed by atoms with Crippen LogP contribution in [-0.2, 0) is 19.0 Å². The lowest BCUT2D eigenvalue weighted by Gasteiger charge is -2.15. The van der Waals surface area contributed by atoms with Crippen LogP contribution in [0.4, 0.5) is 18.9 Å². The van der Waals surface area contributed by atoms with Crippen molar-refractivity contribution in [3.05, 3.63) is 89.0 Å². The SMILES string of the molecule is CC(=O)c1ccc(NC(=O)c2ccc(-n3nc(C(F)(F)F)c4c3-c3ccoc3CC4)cc2)cc1. The molecular weight excluding hydrogens is 447 g/mol. The molecule has 2 heterocycles. The smallest absolute Gasteiger partial charge is 0.435 e. The van der Waals surface area contributed by atoms with Crippen molar-refractivity contribution in [2.24, 2.45) is 0 Å². The number of aryl methyl sites for hydroxylation is 1. The van der Waals surface area contributed by atoms with Crippen molar-refractivity contribution in [1.82, 2.24) is 9.78 Å². The van der Waals surface area contributed by atoms with E-state index in [2.05, 4.69) is 10.4 Å². The molecule has 6 nitrogen and oxygen atoms in total. The van der Waals surface area contributed by atoms with E-state index in [1.54, 1.807) is 42.5 Å². The average molecular weight is 465 g/mol. The Morgan fingerprint density at radius 2 is 1.65 bits per heavy atom. The van der Waals surface area contributed by atoms with Crippen molar-refractivity contribution in [2.75, 3.05) is 5.32 Å². The largest absolute Gasteiger partial charge is 0.469 e.